The van der Waals surface area contributed by atoms with Crippen LogP contribution in [0.3, 0.4) is 0 Å². The Hall–Kier alpha value is 0.600. The van der Waals surface area contributed by atoms with Crippen LogP contribution >= 0.6 is 0 Å². The number of aliphatic hydroxyl groups excluding tert-OH is 1. The Kier molecular flexibility index (Phi) is 8.40. The molecule has 1 nitrogen and oxygen atoms in total. The average molecular weight is 394 g/mol. The fourth-order valence-corrected chi connectivity index (χ4v) is 5.91. The van der Waals surface area contributed by atoms with Crippen LogP contribution in [0.1, 0.15) is 12.8 Å². The molecule has 0 radical (unpaired) electrons. The van der Waals surface area contributed by atoms with Crippen LogP contribution in [-0.2, 0) is 24.7 Å². The zero-order valence-corrected chi connectivity index (χ0v) is 16.3. The summed E-state index contributed by atoms with van der Waals surface area (Å²) in [6.45, 7) is 5.07. The van der Waals surface area contributed by atoms with Gasteiger partial charge >= 0.3 is 120 Å². The van der Waals surface area contributed by atoms with Crippen molar-refractivity contribution < 1.29 is 54.6 Å². The fraction of sp³-hybridized carbons (Fsp3) is 0.429. The van der Waals surface area contributed by atoms with Gasteiger partial charge in [0.25, 0.3) is 0 Å². The van der Waals surface area contributed by atoms with Crippen LogP contribution in [-0.4, -0.2) is 19.8 Å². The van der Waals surface area contributed by atoms with E-state index in [1.807, 2.05) is 0 Å². The van der Waals surface area contributed by atoms with Crippen LogP contribution in [0, 0.1) is 0 Å². The molecule has 0 heterocycles. The van der Waals surface area contributed by atoms with Crippen LogP contribution in [0.2, 0.25) is 19.1 Å². The van der Waals surface area contributed by atoms with Gasteiger partial charge in [-0.3, -0.25) is 0 Å². The molecule has 2 aliphatic carbocycles. The summed E-state index contributed by atoms with van der Waals surface area (Å²) in [5, 5.41) is 10.8. The first-order valence-electron chi connectivity index (χ1n) is 6.19. The molecule has 1 N–H and O–H groups in total. The van der Waals surface area contributed by atoms with Crippen molar-refractivity contribution in [2.24, 2.45) is 0 Å². The first-order valence-corrected chi connectivity index (χ1v) is 10.6. The molecule has 0 amide bonds. The molecule has 0 saturated carbocycles. The quantitative estimate of drug-likeness (QED) is 0.514. The van der Waals surface area contributed by atoms with Crippen LogP contribution < -0.4 is 24.8 Å². The van der Waals surface area contributed by atoms with Gasteiger partial charge in [-0.15, -0.1) is 0 Å². The van der Waals surface area contributed by atoms with E-state index in [1.54, 1.807) is 38.8 Å². The van der Waals surface area contributed by atoms with Crippen molar-refractivity contribution >= 4 is 8.07 Å². The molecular formula is C14H19Cl2OSiZr. The zero-order valence-electron chi connectivity index (χ0n) is 11.3. The van der Waals surface area contributed by atoms with Crippen molar-refractivity contribution in [1.82, 2.24) is 0 Å². The summed E-state index contributed by atoms with van der Waals surface area (Å²) in [5.41, 5.74) is 3.05. The Morgan fingerprint density at radius 2 is 1.79 bits per heavy atom. The smallest absolute Gasteiger partial charge is 1.00 e. The third-order valence-electron chi connectivity index (χ3n) is 3.65. The second kappa shape index (κ2) is 8.14. The monoisotopic (exact) mass is 391 g/mol. The average Bonchev–Trinajstić information content (AvgIpc) is 2.85. The summed E-state index contributed by atoms with van der Waals surface area (Å²) in [5.74, 6) is 0. The van der Waals surface area contributed by atoms with Gasteiger partial charge < -0.3 is 24.8 Å². The molecule has 0 bridgehead atoms. The molecule has 0 saturated heterocycles. The van der Waals surface area contributed by atoms with E-state index in [1.165, 1.54) is 5.57 Å². The molecule has 0 spiro atoms. The minimum Gasteiger partial charge on any atom is -1.00 e. The molecule has 0 aromatic rings. The molecule has 0 aromatic carbocycles. The zero-order chi connectivity index (χ0) is 12.5. The molecule has 0 unspecified atom stereocenters. The van der Waals surface area contributed by atoms with Gasteiger partial charge in [0, 0.05) is 0 Å². The summed E-state index contributed by atoms with van der Waals surface area (Å²) in [7, 11) is -1.45. The van der Waals surface area contributed by atoms with E-state index in [0.29, 0.717) is 6.61 Å². The number of hydrogen-bond acceptors (Lipinski definition) is 1. The topological polar surface area (TPSA) is 20.2 Å². The van der Waals surface area contributed by atoms with E-state index < -0.39 is 8.07 Å². The molecule has 0 atom stereocenters. The normalized spacial score (nSPS) is 17.9. The third-order valence-corrected chi connectivity index (χ3v) is 8.22. The first kappa shape index (κ1) is 19.6. The van der Waals surface area contributed by atoms with Crippen molar-refractivity contribution in [2.75, 3.05) is 6.61 Å². The second-order valence-electron chi connectivity index (χ2n) is 5.35. The van der Waals surface area contributed by atoms with Crippen LogP contribution in [0.4, 0.5) is 0 Å². The standard InChI is InChI=1S/C14H19OSi.2ClH.Zr/c1-16(2,11-10-15)14-9-5-8-13(14)12-6-3-4-7-12;;;/h3,5-6,9,15H,4,8,10-11H2,1-2H3;2*1H;/q;;;+2/p-2. The molecular weight excluding hydrogens is 374 g/mol. The molecule has 2 aliphatic rings. The molecule has 0 aromatic heterocycles. The summed E-state index contributed by atoms with van der Waals surface area (Å²) in [6, 6.07) is 0.972. The first-order chi connectivity index (χ1) is 8.06. The predicted molar refractivity (Wildman–Crippen MR) is 70.9 cm³/mol. The van der Waals surface area contributed by atoms with Crippen LogP contribution in [0.5, 0.6) is 0 Å². The number of aliphatic hydroxyl groups is 1. The van der Waals surface area contributed by atoms with Gasteiger partial charge in [-0.1, -0.05) is 0 Å². The number of rotatable bonds is 4. The molecule has 0 fully saturated rings. The maximum absolute atomic E-state index is 9.23. The molecule has 0 aliphatic heterocycles. The minimum atomic E-state index is -1.45. The summed E-state index contributed by atoms with van der Waals surface area (Å²) < 4.78 is 1.59. The van der Waals surface area contributed by atoms with Crippen molar-refractivity contribution in [1.29, 1.82) is 0 Å². The SMILES string of the molecule is C[Si](C)(CCO)C1=C(C2=[C]([Zr+2])CC=C2)CC=C1.[Cl-].[Cl-]. The molecule has 2 rings (SSSR count). The fourth-order valence-electron chi connectivity index (χ4n) is 2.60. The molecule has 19 heavy (non-hydrogen) atoms. The Morgan fingerprint density at radius 1 is 1.16 bits per heavy atom. The predicted octanol–water partition coefficient (Wildman–Crippen LogP) is -2.75. The van der Waals surface area contributed by atoms with E-state index in [4.69, 9.17) is 0 Å². The Morgan fingerprint density at radius 3 is 2.32 bits per heavy atom. The maximum atomic E-state index is 9.23. The number of hydrogen-bond donors (Lipinski definition) is 1. The number of allylic oxidation sites excluding steroid dienone is 8. The summed E-state index contributed by atoms with van der Waals surface area (Å²) in [6.07, 6.45) is 11.4. The van der Waals surface area contributed by atoms with Gasteiger partial charge in [0.1, 0.15) is 0 Å². The van der Waals surface area contributed by atoms with Gasteiger partial charge in [-0.05, 0) is 0 Å². The summed E-state index contributed by atoms with van der Waals surface area (Å²) in [4.78, 5) is 0. The Labute approximate surface area is 144 Å². The molecule has 103 valence electrons. The van der Waals surface area contributed by atoms with Crippen LogP contribution in [0.15, 0.2) is 43.9 Å². The Balaban J connectivity index is 0.00000162. The Bertz CT molecular complexity index is 450. The van der Waals surface area contributed by atoms with Gasteiger partial charge in [0.15, 0.2) is 0 Å². The summed E-state index contributed by atoms with van der Waals surface area (Å²) >= 11 is 1.55. The van der Waals surface area contributed by atoms with E-state index in [2.05, 4.69) is 37.4 Å². The largest absolute Gasteiger partial charge is 1.00 e. The van der Waals surface area contributed by atoms with E-state index in [0.717, 1.165) is 18.9 Å². The van der Waals surface area contributed by atoms with Gasteiger partial charge in [0.05, 0.1) is 0 Å². The maximum Gasteiger partial charge on any atom is -1.00 e. The van der Waals surface area contributed by atoms with Crippen molar-refractivity contribution in [3.8, 4) is 0 Å². The van der Waals surface area contributed by atoms with Gasteiger partial charge in [-0.2, -0.15) is 0 Å². The minimum absolute atomic E-state index is 0. The van der Waals surface area contributed by atoms with Crippen LogP contribution in [0.25, 0.3) is 0 Å². The van der Waals surface area contributed by atoms with E-state index >= 15 is 0 Å². The van der Waals surface area contributed by atoms with Gasteiger partial charge in [0.2, 0.25) is 0 Å². The van der Waals surface area contributed by atoms with Crippen molar-refractivity contribution in [3.63, 3.8) is 0 Å². The molecule has 5 heteroatoms. The van der Waals surface area contributed by atoms with Gasteiger partial charge in [-0.25, -0.2) is 0 Å². The second-order valence-corrected chi connectivity index (χ2v) is 11.6. The number of halogens is 2. The third kappa shape index (κ3) is 4.28. The van der Waals surface area contributed by atoms with Crippen molar-refractivity contribution in [3.05, 3.63) is 43.9 Å². The van der Waals surface area contributed by atoms with E-state index in [9.17, 15) is 5.11 Å². The van der Waals surface area contributed by atoms with Crippen molar-refractivity contribution in [2.45, 2.75) is 32.0 Å². The van der Waals surface area contributed by atoms with E-state index in [-0.39, 0.29) is 24.8 Å².